The van der Waals surface area contributed by atoms with Crippen molar-refractivity contribution in [1.29, 1.82) is 0 Å². The zero-order valence-corrected chi connectivity index (χ0v) is 20.6. The molecule has 182 valence electrons. The molecule has 1 fully saturated rings. The van der Waals surface area contributed by atoms with Crippen LogP contribution in [0.15, 0.2) is 0 Å². The molecule has 4 nitrogen and oxygen atoms in total. The van der Waals surface area contributed by atoms with E-state index in [0.717, 1.165) is 51.4 Å². The minimum atomic E-state index is -0.0586. The molecule has 0 aromatic carbocycles. The molecule has 0 atom stereocenters. The summed E-state index contributed by atoms with van der Waals surface area (Å²) in [4.78, 5) is 24.5. The van der Waals surface area contributed by atoms with Crippen molar-refractivity contribution < 1.29 is 19.1 Å². The van der Waals surface area contributed by atoms with Gasteiger partial charge in [0.2, 0.25) is 0 Å². The van der Waals surface area contributed by atoms with Gasteiger partial charge in [0.05, 0.1) is 25.0 Å². The molecule has 0 aliphatic heterocycles. The van der Waals surface area contributed by atoms with E-state index >= 15 is 0 Å². The summed E-state index contributed by atoms with van der Waals surface area (Å²) in [6.45, 7) is 5.57. The third-order valence-electron chi connectivity index (χ3n) is 6.63. The average Bonchev–Trinajstić information content (AvgIpc) is 2.79. The molecule has 0 aromatic heterocycles. The van der Waals surface area contributed by atoms with Gasteiger partial charge in [0.25, 0.3) is 0 Å². The van der Waals surface area contributed by atoms with Crippen LogP contribution in [-0.4, -0.2) is 25.2 Å². The first-order chi connectivity index (χ1) is 15.2. The third-order valence-corrected chi connectivity index (χ3v) is 6.63. The number of hydrogen-bond acceptors (Lipinski definition) is 4. The Morgan fingerprint density at radius 2 is 0.806 bits per heavy atom. The molecule has 31 heavy (non-hydrogen) atoms. The van der Waals surface area contributed by atoms with Gasteiger partial charge in [0.1, 0.15) is 0 Å². The summed E-state index contributed by atoms with van der Waals surface area (Å²) in [6.07, 6.45) is 21.6. The number of ether oxygens (including phenoxy) is 2. The van der Waals surface area contributed by atoms with E-state index in [1.165, 1.54) is 70.6 Å². The number of unbranched alkanes of at least 4 members (excludes halogenated alkanes) is 13. The van der Waals surface area contributed by atoms with Gasteiger partial charge in [0.15, 0.2) is 0 Å². The lowest BCUT2D eigenvalue weighted by atomic mass is 9.82. The Kier molecular flexibility index (Phi) is 17.7. The molecule has 0 aromatic rings. The molecule has 0 bridgehead atoms. The Bertz CT molecular complexity index is 441. The molecule has 0 heterocycles. The smallest absolute Gasteiger partial charge is 0.308 e. The highest BCUT2D eigenvalue weighted by Gasteiger charge is 2.31. The predicted octanol–water partition coefficient (Wildman–Crippen LogP) is 7.77. The van der Waals surface area contributed by atoms with Gasteiger partial charge in [-0.2, -0.15) is 0 Å². The maximum Gasteiger partial charge on any atom is 0.308 e. The number of carbonyl (C=O) groups is 2. The second-order valence-electron chi connectivity index (χ2n) is 9.48. The summed E-state index contributed by atoms with van der Waals surface area (Å²) in [5, 5.41) is 0. The van der Waals surface area contributed by atoms with E-state index in [0.29, 0.717) is 13.2 Å². The van der Waals surface area contributed by atoms with E-state index in [1.54, 1.807) is 0 Å². The van der Waals surface area contributed by atoms with E-state index in [2.05, 4.69) is 13.8 Å². The minimum Gasteiger partial charge on any atom is -0.465 e. The first-order valence-corrected chi connectivity index (χ1v) is 13.5. The quantitative estimate of drug-likeness (QED) is 0.153. The van der Waals surface area contributed by atoms with E-state index in [-0.39, 0.29) is 23.8 Å². The maximum absolute atomic E-state index is 12.3. The normalized spacial score (nSPS) is 18.6. The number of carbonyl (C=O) groups excluding carboxylic acids is 2. The lowest BCUT2D eigenvalue weighted by molar-refractivity contribution is -0.155. The van der Waals surface area contributed by atoms with Crippen LogP contribution >= 0.6 is 0 Å². The molecular formula is C27H50O4. The van der Waals surface area contributed by atoms with E-state index in [9.17, 15) is 9.59 Å². The average molecular weight is 439 g/mol. The molecule has 0 saturated heterocycles. The van der Waals surface area contributed by atoms with Crippen LogP contribution in [-0.2, 0) is 19.1 Å². The Morgan fingerprint density at radius 1 is 0.516 bits per heavy atom. The second-order valence-corrected chi connectivity index (χ2v) is 9.48. The molecule has 4 heteroatoms. The van der Waals surface area contributed by atoms with Crippen LogP contribution in [0, 0.1) is 11.8 Å². The largest absolute Gasteiger partial charge is 0.465 e. The Labute approximate surface area is 192 Å². The van der Waals surface area contributed by atoms with Crippen molar-refractivity contribution in [2.75, 3.05) is 13.2 Å². The monoisotopic (exact) mass is 438 g/mol. The molecular weight excluding hydrogens is 388 g/mol. The van der Waals surface area contributed by atoms with Crippen LogP contribution in [0.4, 0.5) is 0 Å². The highest BCUT2D eigenvalue weighted by molar-refractivity contribution is 5.75. The fourth-order valence-corrected chi connectivity index (χ4v) is 4.44. The van der Waals surface area contributed by atoms with Gasteiger partial charge in [-0.25, -0.2) is 0 Å². The Hall–Kier alpha value is -1.06. The van der Waals surface area contributed by atoms with Crippen LogP contribution in [0.3, 0.4) is 0 Å². The molecule has 1 saturated carbocycles. The summed E-state index contributed by atoms with van der Waals surface area (Å²) in [5.74, 6) is -0.169. The van der Waals surface area contributed by atoms with Crippen LogP contribution in [0.2, 0.25) is 0 Å². The van der Waals surface area contributed by atoms with E-state index in [1.807, 2.05) is 0 Å². The SMILES string of the molecule is CCCCCCCCCCOC(=O)C1CCC(C(=O)OCCCCCCCCC)CC1. The molecule has 1 rings (SSSR count). The predicted molar refractivity (Wildman–Crippen MR) is 128 cm³/mol. The molecule has 0 radical (unpaired) electrons. The minimum absolute atomic E-state index is 0.0266. The molecule has 0 unspecified atom stereocenters. The van der Waals surface area contributed by atoms with E-state index < -0.39 is 0 Å². The van der Waals surface area contributed by atoms with Gasteiger partial charge in [0, 0.05) is 0 Å². The third kappa shape index (κ3) is 14.6. The summed E-state index contributed by atoms with van der Waals surface area (Å²) in [6, 6.07) is 0. The lowest BCUT2D eigenvalue weighted by Crippen LogP contribution is -2.28. The zero-order valence-electron chi connectivity index (χ0n) is 20.6. The second kappa shape index (κ2) is 19.6. The van der Waals surface area contributed by atoms with Crippen molar-refractivity contribution in [3.05, 3.63) is 0 Å². The molecule has 0 spiro atoms. The van der Waals surface area contributed by atoms with Gasteiger partial charge in [-0.05, 0) is 38.5 Å². The van der Waals surface area contributed by atoms with Crippen molar-refractivity contribution in [3.8, 4) is 0 Å². The maximum atomic E-state index is 12.3. The van der Waals surface area contributed by atoms with Crippen LogP contribution in [0.25, 0.3) is 0 Å². The number of rotatable bonds is 19. The van der Waals surface area contributed by atoms with Gasteiger partial charge in [-0.15, -0.1) is 0 Å². The van der Waals surface area contributed by atoms with Crippen molar-refractivity contribution in [3.63, 3.8) is 0 Å². The van der Waals surface area contributed by atoms with Gasteiger partial charge < -0.3 is 9.47 Å². The topological polar surface area (TPSA) is 52.6 Å². The number of hydrogen-bond donors (Lipinski definition) is 0. The highest BCUT2D eigenvalue weighted by Crippen LogP contribution is 2.30. The van der Waals surface area contributed by atoms with Crippen molar-refractivity contribution in [1.82, 2.24) is 0 Å². The molecule has 1 aliphatic rings. The summed E-state index contributed by atoms with van der Waals surface area (Å²) in [5.41, 5.74) is 0. The van der Waals surface area contributed by atoms with Crippen molar-refractivity contribution >= 4 is 11.9 Å². The van der Waals surface area contributed by atoms with Gasteiger partial charge in [-0.3, -0.25) is 9.59 Å². The number of esters is 2. The highest BCUT2D eigenvalue weighted by atomic mass is 16.5. The fraction of sp³-hybridized carbons (Fsp3) is 0.926. The Balaban J connectivity index is 1.99. The summed E-state index contributed by atoms with van der Waals surface area (Å²) in [7, 11) is 0. The first-order valence-electron chi connectivity index (χ1n) is 13.5. The van der Waals surface area contributed by atoms with Gasteiger partial charge in [-0.1, -0.05) is 97.3 Å². The zero-order chi connectivity index (χ0) is 22.6. The van der Waals surface area contributed by atoms with Crippen molar-refractivity contribution in [2.24, 2.45) is 11.8 Å². The summed E-state index contributed by atoms with van der Waals surface area (Å²) >= 11 is 0. The van der Waals surface area contributed by atoms with E-state index in [4.69, 9.17) is 9.47 Å². The first kappa shape index (κ1) is 28.0. The van der Waals surface area contributed by atoms with Crippen LogP contribution in [0.5, 0.6) is 0 Å². The van der Waals surface area contributed by atoms with Crippen LogP contribution < -0.4 is 0 Å². The lowest BCUT2D eigenvalue weighted by Gasteiger charge is -2.26. The molecule has 0 amide bonds. The summed E-state index contributed by atoms with van der Waals surface area (Å²) < 4.78 is 11.0. The molecule has 0 N–H and O–H groups in total. The molecule has 1 aliphatic carbocycles. The fourth-order valence-electron chi connectivity index (χ4n) is 4.44. The Morgan fingerprint density at radius 3 is 1.13 bits per heavy atom. The van der Waals surface area contributed by atoms with Gasteiger partial charge >= 0.3 is 11.9 Å². The van der Waals surface area contributed by atoms with Crippen LogP contribution in [0.1, 0.15) is 136 Å². The standard InChI is InChI=1S/C27H50O4/c1-3-5-7-9-11-13-15-17-23-31-27(29)25-20-18-24(19-21-25)26(28)30-22-16-14-12-10-8-6-4-2/h24-25H,3-23H2,1-2H3. The van der Waals surface area contributed by atoms with Crippen molar-refractivity contribution in [2.45, 2.75) is 136 Å².